The van der Waals surface area contributed by atoms with E-state index in [-0.39, 0.29) is 36.9 Å². The number of nitrogens with zero attached hydrogens (tertiary/aromatic N) is 3. The number of amides is 3. The lowest BCUT2D eigenvalue weighted by molar-refractivity contribution is -0.138. The highest BCUT2D eigenvalue weighted by molar-refractivity contribution is 6.35. The van der Waals surface area contributed by atoms with Crippen LogP contribution in [0.3, 0.4) is 0 Å². The molecule has 0 spiro atoms. The van der Waals surface area contributed by atoms with Gasteiger partial charge in [-0.3, -0.25) is 24.3 Å². The molecule has 3 amide bonds. The first-order valence-corrected chi connectivity index (χ1v) is 9.12. The molecule has 0 bridgehead atoms. The lowest BCUT2D eigenvalue weighted by Gasteiger charge is -2.20. The van der Waals surface area contributed by atoms with Gasteiger partial charge in [-0.05, 0) is 29.8 Å². The Morgan fingerprint density at radius 3 is 2.45 bits per heavy atom. The first kappa shape index (κ1) is 20.2. The topological polar surface area (TPSA) is 103 Å². The van der Waals surface area contributed by atoms with Crippen LogP contribution in [-0.4, -0.2) is 57.8 Å². The quantitative estimate of drug-likeness (QED) is 0.685. The maximum absolute atomic E-state index is 13.2. The summed E-state index contributed by atoms with van der Waals surface area (Å²) in [5.41, 5.74) is 2.24. The number of aromatic nitrogens is 1. The van der Waals surface area contributed by atoms with Gasteiger partial charge in [0.1, 0.15) is 5.70 Å². The molecule has 0 radical (unpaired) electrons. The average Bonchev–Trinajstić information content (AvgIpc) is 2.94. The first-order valence-electron chi connectivity index (χ1n) is 9.12. The SMILES string of the molecule is CC(=O)Nc1ccc(C2=C(N(C)CCO)C(=O)N(Cc3ccccn3)C2=O)cc1. The molecule has 2 heterocycles. The summed E-state index contributed by atoms with van der Waals surface area (Å²) < 4.78 is 0. The van der Waals surface area contributed by atoms with E-state index < -0.39 is 11.8 Å². The highest BCUT2D eigenvalue weighted by Crippen LogP contribution is 2.32. The van der Waals surface area contributed by atoms with Crippen molar-refractivity contribution in [3.8, 4) is 0 Å². The van der Waals surface area contributed by atoms with Crippen molar-refractivity contribution in [2.24, 2.45) is 0 Å². The summed E-state index contributed by atoms with van der Waals surface area (Å²) in [6, 6.07) is 12.0. The van der Waals surface area contributed by atoms with E-state index in [1.54, 1.807) is 60.6 Å². The average molecular weight is 394 g/mol. The van der Waals surface area contributed by atoms with Gasteiger partial charge < -0.3 is 15.3 Å². The summed E-state index contributed by atoms with van der Waals surface area (Å²) in [4.78, 5) is 44.4. The maximum Gasteiger partial charge on any atom is 0.278 e. The Morgan fingerprint density at radius 2 is 1.86 bits per heavy atom. The van der Waals surface area contributed by atoms with Crippen LogP contribution >= 0.6 is 0 Å². The molecule has 8 nitrogen and oxygen atoms in total. The van der Waals surface area contributed by atoms with Crippen molar-refractivity contribution in [3.63, 3.8) is 0 Å². The number of rotatable bonds is 7. The Labute approximate surface area is 168 Å². The van der Waals surface area contributed by atoms with Crippen LogP contribution in [0.2, 0.25) is 0 Å². The second-order valence-electron chi connectivity index (χ2n) is 6.64. The van der Waals surface area contributed by atoms with E-state index in [1.807, 2.05) is 0 Å². The van der Waals surface area contributed by atoms with Crippen LogP contribution in [0.25, 0.3) is 5.57 Å². The van der Waals surface area contributed by atoms with Crippen LogP contribution in [-0.2, 0) is 20.9 Å². The van der Waals surface area contributed by atoms with Crippen LogP contribution in [0.4, 0.5) is 5.69 Å². The Hall–Kier alpha value is -3.52. The van der Waals surface area contributed by atoms with Gasteiger partial charge in [0.25, 0.3) is 11.8 Å². The van der Waals surface area contributed by atoms with E-state index in [2.05, 4.69) is 10.3 Å². The number of benzene rings is 1. The number of hydrogen-bond acceptors (Lipinski definition) is 6. The predicted molar refractivity (Wildman–Crippen MR) is 107 cm³/mol. The fourth-order valence-corrected chi connectivity index (χ4v) is 3.16. The minimum absolute atomic E-state index is 0.0580. The smallest absolute Gasteiger partial charge is 0.278 e. The third kappa shape index (κ3) is 4.33. The predicted octanol–water partition coefficient (Wildman–Crippen LogP) is 1.24. The van der Waals surface area contributed by atoms with Gasteiger partial charge in [-0.15, -0.1) is 0 Å². The lowest BCUT2D eigenvalue weighted by Crippen LogP contribution is -2.34. The molecule has 0 saturated carbocycles. The number of pyridine rings is 1. The number of aliphatic hydroxyl groups is 1. The number of hydrogen-bond donors (Lipinski definition) is 2. The standard InChI is InChI=1S/C21H22N4O4/c1-14(27)23-16-8-6-15(7-9-16)18-19(24(2)11-12-26)21(29)25(20(18)28)13-17-5-3-4-10-22-17/h3-10,26H,11-13H2,1-2H3,(H,23,27). The molecule has 2 N–H and O–H groups in total. The highest BCUT2D eigenvalue weighted by Gasteiger charge is 2.40. The molecule has 1 aliphatic heterocycles. The molecule has 0 fully saturated rings. The number of anilines is 1. The lowest BCUT2D eigenvalue weighted by atomic mass is 10.0. The molecule has 0 unspecified atom stereocenters. The molecule has 3 rings (SSSR count). The monoisotopic (exact) mass is 394 g/mol. The molecule has 1 aliphatic rings. The molecule has 0 atom stereocenters. The minimum atomic E-state index is -0.433. The molecule has 8 heteroatoms. The number of aliphatic hydroxyl groups excluding tert-OH is 1. The van der Waals surface area contributed by atoms with Crippen molar-refractivity contribution >= 4 is 29.0 Å². The van der Waals surface area contributed by atoms with Gasteiger partial charge in [-0.2, -0.15) is 0 Å². The molecule has 1 aromatic carbocycles. The minimum Gasteiger partial charge on any atom is -0.395 e. The van der Waals surface area contributed by atoms with Crippen LogP contribution < -0.4 is 5.32 Å². The zero-order chi connectivity index (χ0) is 21.0. The first-order chi connectivity index (χ1) is 13.9. The van der Waals surface area contributed by atoms with Crippen molar-refractivity contribution in [2.45, 2.75) is 13.5 Å². The molecule has 29 heavy (non-hydrogen) atoms. The van der Waals surface area contributed by atoms with E-state index in [0.29, 0.717) is 16.9 Å². The van der Waals surface area contributed by atoms with E-state index in [9.17, 15) is 19.5 Å². The molecule has 2 aromatic rings. The van der Waals surface area contributed by atoms with Crippen molar-refractivity contribution < 1.29 is 19.5 Å². The van der Waals surface area contributed by atoms with E-state index >= 15 is 0 Å². The summed E-state index contributed by atoms with van der Waals surface area (Å²) in [6.07, 6.45) is 1.61. The zero-order valence-corrected chi connectivity index (χ0v) is 16.3. The highest BCUT2D eigenvalue weighted by atomic mass is 16.3. The van der Waals surface area contributed by atoms with Gasteiger partial charge in [-0.25, -0.2) is 0 Å². The number of carbonyl (C=O) groups excluding carboxylic acids is 3. The summed E-state index contributed by atoms with van der Waals surface area (Å²) >= 11 is 0. The van der Waals surface area contributed by atoms with Gasteiger partial charge in [0.2, 0.25) is 5.91 Å². The Bertz CT molecular complexity index is 954. The Balaban J connectivity index is 1.98. The van der Waals surface area contributed by atoms with Gasteiger partial charge in [0.05, 0.1) is 24.4 Å². The summed E-state index contributed by atoms with van der Waals surface area (Å²) in [5.74, 6) is -1.06. The van der Waals surface area contributed by atoms with Crippen molar-refractivity contribution in [2.75, 3.05) is 25.5 Å². The van der Waals surface area contributed by atoms with Crippen LogP contribution in [0, 0.1) is 0 Å². The Kier molecular flexibility index (Phi) is 6.04. The number of likely N-dealkylation sites (N-methyl/N-ethyl adjacent to an activating group) is 1. The van der Waals surface area contributed by atoms with Crippen molar-refractivity contribution in [1.82, 2.24) is 14.8 Å². The molecule has 0 aliphatic carbocycles. The van der Waals surface area contributed by atoms with Crippen molar-refractivity contribution in [1.29, 1.82) is 0 Å². The summed E-state index contributed by atoms with van der Waals surface area (Å²) in [5, 5.41) is 12.0. The van der Waals surface area contributed by atoms with Crippen LogP contribution in [0.5, 0.6) is 0 Å². The van der Waals surface area contributed by atoms with Gasteiger partial charge in [0.15, 0.2) is 0 Å². The third-order valence-corrected chi connectivity index (χ3v) is 4.50. The Morgan fingerprint density at radius 1 is 1.14 bits per heavy atom. The normalized spacial score (nSPS) is 13.8. The zero-order valence-electron chi connectivity index (χ0n) is 16.3. The molecular formula is C21H22N4O4. The van der Waals surface area contributed by atoms with E-state index in [4.69, 9.17) is 0 Å². The van der Waals surface area contributed by atoms with Gasteiger partial charge in [0, 0.05) is 32.4 Å². The van der Waals surface area contributed by atoms with E-state index in [0.717, 1.165) is 4.90 Å². The number of carbonyl (C=O) groups is 3. The van der Waals surface area contributed by atoms with Gasteiger partial charge in [-0.1, -0.05) is 18.2 Å². The number of imide groups is 1. The third-order valence-electron chi connectivity index (χ3n) is 4.50. The van der Waals surface area contributed by atoms with Gasteiger partial charge >= 0.3 is 0 Å². The molecular weight excluding hydrogens is 372 g/mol. The largest absolute Gasteiger partial charge is 0.395 e. The molecule has 0 saturated heterocycles. The summed E-state index contributed by atoms with van der Waals surface area (Å²) in [7, 11) is 1.66. The van der Waals surface area contributed by atoms with Crippen LogP contribution in [0.1, 0.15) is 18.2 Å². The maximum atomic E-state index is 13.2. The summed E-state index contributed by atoms with van der Waals surface area (Å²) in [6.45, 7) is 1.52. The number of nitrogens with one attached hydrogen (secondary N) is 1. The van der Waals surface area contributed by atoms with Crippen LogP contribution in [0.15, 0.2) is 54.4 Å². The van der Waals surface area contributed by atoms with E-state index in [1.165, 1.54) is 6.92 Å². The molecule has 1 aromatic heterocycles. The molecule has 150 valence electrons. The van der Waals surface area contributed by atoms with Crippen molar-refractivity contribution in [3.05, 3.63) is 65.6 Å². The fourth-order valence-electron chi connectivity index (χ4n) is 3.16. The second kappa shape index (κ2) is 8.66. The second-order valence-corrected chi connectivity index (χ2v) is 6.64. The fraction of sp³-hybridized carbons (Fsp3) is 0.238.